The highest BCUT2D eigenvalue weighted by atomic mass is 35.5. The van der Waals surface area contributed by atoms with Crippen LogP contribution in [0.25, 0.3) is 0 Å². The minimum atomic E-state index is -0.173. The molecule has 0 radical (unpaired) electrons. The van der Waals surface area contributed by atoms with E-state index in [2.05, 4.69) is 84.7 Å². The molecule has 0 aromatic heterocycles. The summed E-state index contributed by atoms with van der Waals surface area (Å²) in [7, 11) is 1.74. The van der Waals surface area contributed by atoms with Gasteiger partial charge in [0.1, 0.15) is 5.75 Å². The smallest absolute Gasteiger partial charge is 0.123 e. The second kappa shape index (κ2) is 12.2. The Kier molecular flexibility index (Phi) is 10.7. The molecule has 1 unspecified atom stereocenters. The van der Waals surface area contributed by atoms with Crippen molar-refractivity contribution in [3.05, 3.63) is 65.2 Å². The third kappa shape index (κ3) is 6.40. The number of ether oxygens (including phenoxy) is 1. The Morgan fingerprint density at radius 2 is 1.83 bits per heavy atom. The van der Waals surface area contributed by atoms with Crippen molar-refractivity contribution in [2.75, 3.05) is 13.7 Å². The number of hydrogen-bond donors (Lipinski definition) is 1. The summed E-state index contributed by atoms with van der Waals surface area (Å²) < 4.78 is 5.63. The Balaban J connectivity index is 0.00000225. The zero-order valence-corrected chi connectivity index (χ0v) is 20.0. The van der Waals surface area contributed by atoms with Crippen molar-refractivity contribution in [1.29, 1.82) is 0 Å². The molecule has 0 saturated carbocycles. The van der Waals surface area contributed by atoms with Crippen LogP contribution < -0.4 is 10.2 Å². The molecule has 0 aliphatic carbocycles. The van der Waals surface area contributed by atoms with Crippen LogP contribution >= 0.6 is 24.8 Å². The highest BCUT2D eigenvalue weighted by molar-refractivity contribution is 5.85. The van der Waals surface area contributed by atoms with Gasteiger partial charge in [0, 0.05) is 24.7 Å². The summed E-state index contributed by atoms with van der Waals surface area (Å²) in [5.41, 5.74) is 7.29. The molecule has 2 aromatic rings. The fraction of sp³-hybridized carbons (Fsp3) is 0.440. The van der Waals surface area contributed by atoms with Gasteiger partial charge in [-0.15, -0.1) is 30.7 Å². The summed E-state index contributed by atoms with van der Waals surface area (Å²) in [6.07, 6.45) is 3.69. The molecule has 30 heavy (non-hydrogen) atoms. The van der Waals surface area contributed by atoms with Crippen LogP contribution in [-0.2, 0) is 12.0 Å². The van der Waals surface area contributed by atoms with Crippen LogP contribution in [0.15, 0.2) is 48.5 Å². The van der Waals surface area contributed by atoms with Gasteiger partial charge in [-0.25, -0.2) is 5.01 Å². The van der Waals surface area contributed by atoms with E-state index in [0.717, 1.165) is 18.8 Å². The lowest BCUT2D eigenvalue weighted by molar-refractivity contribution is 0.0821. The van der Waals surface area contributed by atoms with Crippen LogP contribution in [0.1, 0.15) is 62.8 Å². The number of halogens is 2. The Morgan fingerprint density at radius 1 is 1.10 bits per heavy atom. The maximum absolute atomic E-state index is 5.63. The number of hydrazine groups is 1. The van der Waals surface area contributed by atoms with Crippen LogP contribution in [0.5, 0.6) is 5.75 Å². The van der Waals surface area contributed by atoms with Crippen molar-refractivity contribution in [2.45, 2.75) is 58.0 Å². The fourth-order valence-corrected chi connectivity index (χ4v) is 4.02. The molecule has 1 N–H and O–H groups in total. The number of nitrogens with one attached hydrogen (secondary N) is 1. The Hall–Kier alpha value is -1.70. The molecule has 2 aromatic carbocycles. The van der Waals surface area contributed by atoms with E-state index < -0.39 is 0 Å². The first-order valence-corrected chi connectivity index (χ1v) is 10.2. The standard InChI is InChI=1S/C25H32N2O.2ClH/c1-5-16-25(2,3)22-14-15-24(28-4)21(18-22)19-26-27-17-10-9-13-23(27)20-11-7-6-8-12-20;;/h6-8,11-12,14-15,18,23,26H,9-10,13,17,19H2,1-4H3;2*1H. The van der Waals surface area contributed by atoms with Crippen molar-refractivity contribution >= 4 is 24.8 Å². The van der Waals surface area contributed by atoms with E-state index in [9.17, 15) is 0 Å². The van der Waals surface area contributed by atoms with E-state index in [1.165, 1.54) is 36.0 Å². The van der Waals surface area contributed by atoms with E-state index in [1.807, 2.05) is 6.92 Å². The number of hydrogen-bond acceptors (Lipinski definition) is 3. The molecule has 164 valence electrons. The molecule has 3 rings (SSSR count). The van der Waals surface area contributed by atoms with Gasteiger partial charge in [-0.1, -0.05) is 48.7 Å². The van der Waals surface area contributed by atoms with Gasteiger partial charge in [-0.2, -0.15) is 0 Å². The first-order chi connectivity index (χ1) is 13.5. The minimum Gasteiger partial charge on any atom is -0.496 e. The number of methoxy groups -OCH3 is 1. The summed E-state index contributed by atoms with van der Waals surface area (Å²) in [5.74, 6) is 7.29. The van der Waals surface area contributed by atoms with E-state index in [1.54, 1.807) is 7.11 Å². The minimum absolute atomic E-state index is 0. The predicted molar refractivity (Wildman–Crippen MR) is 131 cm³/mol. The molecule has 3 nitrogen and oxygen atoms in total. The highest BCUT2D eigenvalue weighted by Gasteiger charge is 2.24. The number of rotatable bonds is 6. The normalized spacial score (nSPS) is 16.5. The van der Waals surface area contributed by atoms with Gasteiger partial charge in [0.25, 0.3) is 0 Å². The third-order valence-corrected chi connectivity index (χ3v) is 5.60. The summed E-state index contributed by atoms with van der Waals surface area (Å²) >= 11 is 0. The monoisotopic (exact) mass is 448 g/mol. The summed E-state index contributed by atoms with van der Waals surface area (Å²) in [5, 5.41) is 2.40. The largest absolute Gasteiger partial charge is 0.496 e. The highest BCUT2D eigenvalue weighted by Crippen LogP contribution is 2.31. The van der Waals surface area contributed by atoms with E-state index in [0.29, 0.717) is 6.04 Å². The number of nitrogens with zero attached hydrogens (tertiary/aromatic N) is 1. The van der Waals surface area contributed by atoms with Crippen molar-refractivity contribution in [2.24, 2.45) is 0 Å². The molecule has 0 amide bonds. The lowest BCUT2D eigenvalue weighted by atomic mass is 9.84. The Morgan fingerprint density at radius 3 is 2.50 bits per heavy atom. The predicted octanol–water partition coefficient (Wildman–Crippen LogP) is 6.07. The second-order valence-electron chi connectivity index (χ2n) is 7.98. The van der Waals surface area contributed by atoms with Crippen LogP contribution in [0.4, 0.5) is 0 Å². The average Bonchev–Trinajstić information content (AvgIpc) is 2.73. The summed E-state index contributed by atoms with van der Waals surface area (Å²) in [6, 6.07) is 17.7. The SMILES string of the molecule is CC#CC(C)(C)c1ccc(OC)c(CNN2CCCCC2c2ccccc2)c1.Cl.Cl. The van der Waals surface area contributed by atoms with Crippen LogP contribution in [0.3, 0.4) is 0 Å². The van der Waals surface area contributed by atoms with Crippen molar-refractivity contribution in [3.63, 3.8) is 0 Å². The topological polar surface area (TPSA) is 24.5 Å². The molecule has 1 saturated heterocycles. The first-order valence-electron chi connectivity index (χ1n) is 10.2. The Bertz CT molecular complexity index is 843. The van der Waals surface area contributed by atoms with E-state index in [4.69, 9.17) is 4.74 Å². The molecule has 1 heterocycles. The molecular formula is C25H34Cl2N2O. The molecule has 0 spiro atoms. The average molecular weight is 449 g/mol. The van der Waals surface area contributed by atoms with Crippen LogP contribution in [0, 0.1) is 11.8 Å². The molecule has 5 heteroatoms. The Labute approximate surface area is 194 Å². The van der Waals surface area contributed by atoms with Crippen LogP contribution in [-0.4, -0.2) is 18.7 Å². The van der Waals surface area contributed by atoms with Gasteiger partial charge >= 0.3 is 0 Å². The lowest BCUT2D eigenvalue weighted by Gasteiger charge is -2.36. The number of benzene rings is 2. The molecule has 1 aliphatic heterocycles. The van der Waals surface area contributed by atoms with Gasteiger partial charge < -0.3 is 4.74 Å². The maximum atomic E-state index is 5.63. The lowest BCUT2D eigenvalue weighted by Crippen LogP contribution is -2.43. The third-order valence-electron chi connectivity index (χ3n) is 5.60. The molecular weight excluding hydrogens is 415 g/mol. The van der Waals surface area contributed by atoms with Crippen molar-refractivity contribution in [3.8, 4) is 17.6 Å². The van der Waals surface area contributed by atoms with Gasteiger partial charge in [-0.05, 0) is 56.9 Å². The van der Waals surface area contributed by atoms with Crippen LogP contribution in [0.2, 0.25) is 0 Å². The van der Waals surface area contributed by atoms with Gasteiger partial charge in [0.15, 0.2) is 0 Å². The molecule has 1 fully saturated rings. The van der Waals surface area contributed by atoms with E-state index in [-0.39, 0.29) is 30.2 Å². The zero-order chi connectivity index (χ0) is 20.0. The van der Waals surface area contributed by atoms with Gasteiger partial charge in [0.2, 0.25) is 0 Å². The van der Waals surface area contributed by atoms with Gasteiger partial charge in [-0.3, -0.25) is 5.43 Å². The fourth-order valence-electron chi connectivity index (χ4n) is 4.02. The molecule has 0 bridgehead atoms. The molecule has 1 atom stereocenters. The van der Waals surface area contributed by atoms with Crippen molar-refractivity contribution in [1.82, 2.24) is 10.4 Å². The number of piperidine rings is 1. The first kappa shape index (κ1) is 26.3. The zero-order valence-electron chi connectivity index (χ0n) is 18.4. The maximum Gasteiger partial charge on any atom is 0.123 e. The molecule has 1 aliphatic rings. The second-order valence-corrected chi connectivity index (χ2v) is 7.98. The summed E-state index contributed by atoms with van der Waals surface area (Å²) in [6.45, 7) is 8.04. The van der Waals surface area contributed by atoms with E-state index >= 15 is 0 Å². The van der Waals surface area contributed by atoms with Crippen molar-refractivity contribution < 1.29 is 4.74 Å². The summed E-state index contributed by atoms with van der Waals surface area (Å²) in [4.78, 5) is 0. The van der Waals surface area contributed by atoms with Gasteiger partial charge in [0.05, 0.1) is 12.5 Å². The quantitative estimate of drug-likeness (QED) is 0.542.